The molecule has 0 spiro atoms. The van der Waals surface area contributed by atoms with Crippen LogP contribution in [0.2, 0.25) is 0 Å². The standard InChI is InChI=1S/C17H20N2O3/c1-12(13-4-6-18-7-5-13)19(2)10-14-8-16-17(22-11-21-16)9-15(14)20-3/h4-9,12H,10-11H2,1-3H3/t12-/m1/s1. The minimum atomic E-state index is 0.269. The lowest BCUT2D eigenvalue weighted by Gasteiger charge is -2.25. The van der Waals surface area contributed by atoms with Crippen molar-refractivity contribution in [2.75, 3.05) is 21.0 Å². The maximum Gasteiger partial charge on any atom is 0.231 e. The van der Waals surface area contributed by atoms with Gasteiger partial charge in [-0.2, -0.15) is 0 Å². The molecule has 0 bridgehead atoms. The van der Waals surface area contributed by atoms with Gasteiger partial charge in [0.05, 0.1) is 7.11 Å². The molecule has 0 aliphatic carbocycles. The molecular formula is C17H20N2O3. The van der Waals surface area contributed by atoms with Crippen molar-refractivity contribution in [1.29, 1.82) is 0 Å². The second-order valence-corrected chi connectivity index (χ2v) is 5.39. The molecule has 116 valence electrons. The Kier molecular flexibility index (Phi) is 4.15. The average molecular weight is 300 g/mol. The van der Waals surface area contributed by atoms with E-state index in [2.05, 4.69) is 23.9 Å². The van der Waals surface area contributed by atoms with Gasteiger partial charge in [-0.1, -0.05) is 0 Å². The quantitative estimate of drug-likeness (QED) is 0.849. The van der Waals surface area contributed by atoms with Crippen LogP contribution in [0.25, 0.3) is 0 Å². The highest BCUT2D eigenvalue weighted by molar-refractivity contribution is 5.51. The largest absolute Gasteiger partial charge is 0.496 e. The first-order valence-electron chi connectivity index (χ1n) is 7.25. The summed E-state index contributed by atoms with van der Waals surface area (Å²) in [5.74, 6) is 2.34. The second kappa shape index (κ2) is 6.23. The summed E-state index contributed by atoms with van der Waals surface area (Å²) < 4.78 is 16.3. The third kappa shape index (κ3) is 2.85. The number of benzene rings is 1. The van der Waals surface area contributed by atoms with E-state index in [1.807, 2.05) is 36.7 Å². The lowest BCUT2D eigenvalue weighted by Crippen LogP contribution is -2.22. The van der Waals surface area contributed by atoms with Gasteiger partial charge in [0.25, 0.3) is 0 Å². The summed E-state index contributed by atoms with van der Waals surface area (Å²) in [6.07, 6.45) is 3.64. The van der Waals surface area contributed by atoms with Gasteiger partial charge in [0.1, 0.15) is 5.75 Å². The molecule has 1 atom stereocenters. The Morgan fingerprint density at radius 1 is 1.23 bits per heavy atom. The number of fused-ring (bicyclic) bond motifs is 1. The SMILES string of the molecule is COc1cc2c(cc1CN(C)[C@H](C)c1ccncc1)OCO2. The van der Waals surface area contributed by atoms with Gasteiger partial charge in [-0.3, -0.25) is 9.88 Å². The summed E-state index contributed by atoms with van der Waals surface area (Å²) in [7, 11) is 3.77. The zero-order valence-corrected chi connectivity index (χ0v) is 13.1. The van der Waals surface area contributed by atoms with Gasteiger partial charge in [-0.25, -0.2) is 0 Å². The number of ether oxygens (including phenoxy) is 3. The maximum atomic E-state index is 5.48. The maximum absolute atomic E-state index is 5.48. The van der Waals surface area contributed by atoms with E-state index in [1.165, 1.54) is 5.56 Å². The van der Waals surface area contributed by atoms with E-state index in [1.54, 1.807) is 7.11 Å². The van der Waals surface area contributed by atoms with Gasteiger partial charge in [-0.15, -0.1) is 0 Å². The number of methoxy groups -OCH3 is 1. The van der Waals surface area contributed by atoms with Crippen LogP contribution in [0.4, 0.5) is 0 Å². The Morgan fingerprint density at radius 3 is 2.59 bits per heavy atom. The smallest absolute Gasteiger partial charge is 0.231 e. The third-order valence-corrected chi connectivity index (χ3v) is 4.05. The normalized spacial score (nSPS) is 14.2. The first-order valence-corrected chi connectivity index (χ1v) is 7.25. The molecule has 1 aromatic carbocycles. The molecule has 5 nitrogen and oxygen atoms in total. The van der Waals surface area contributed by atoms with E-state index >= 15 is 0 Å². The van der Waals surface area contributed by atoms with E-state index < -0.39 is 0 Å². The van der Waals surface area contributed by atoms with Crippen LogP contribution in [-0.2, 0) is 6.54 Å². The van der Waals surface area contributed by atoms with Gasteiger partial charge >= 0.3 is 0 Å². The summed E-state index contributed by atoms with van der Waals surface area (Å²) in [5, 5.41) is 0. The molecule has 0 amide bonds. The van der Waals surface area contributed by atoms with E-state index in [9.17, 15) is 0 Å². The van der Waals surface area contributed by atoms with E-state index in [0.29, 0.717) is 0 Å². The topological polar surface area (TPSA) is 43.8 Å². The van der Waals surface area contributed by atoms with Crippen LogP contribution < -0.4 is 14.2 Å². The highest BCUT2D eigenvalue weighted by Crippen LogP contribution is 2.38. The number of nitrogens with zero attached hydrogens (tertiary/aromatic N) is 2. The van der Waals surface area contributed by atoms with Crippen molar-refractivity contribution in [3.8, 4) is 17.2 Å². The molecule has 0 saturated carbocycles. The monoisotopic (exact) mass is 300 g/mol. The fraction of sp³-hybridized carbons (Fsp3) is 0.353. The number of hydrogen-bond donors (Lipinski definition) is 0. The first-order chi connectivity index (χ1) is 10.7. The Morgan fingerprint density at radius 2 is 1.91 bits per heavy atom. The fourth-order valence-corrected chi connectivity index (χ4v) is 2.58. The molecule has 3 rings (SSSR count). The Balaban J connectivity index is 1.80. The Bertz CT molecular complexity index is 646. The molecule has 1 aromatic heterocycles. The number of hydrogen-bond acceptors (Lipinski definition) is 5. The summed E-state index contributed by atoms with van der Waals surface area (Å²) >= 11 is 0. The van der Waals surface area contributed by atoms with E-state index in [0.717, 1.165) is 29.4 Å². The van der Waals surface area contributed by atoms with Crippen LogP contribution in [0.3, 0.4) is 0 Å². The highest BCUT2D eigenvalue weighted by atomic mass is 16.7. The highest BCUT2D eigenvalue weighted by Gasteiger charge is 2.20. The van der Waals surface area contributed by atoms with Crippen molar-refractivity contribution in [1.82, 2.24) is 9.88 Å². The predicted molar refractivity (Wildman–Crippen MR) is 83.2 cm³/mol. The molecule has 2 aromatic rings. The zero-order valence-electron chi connectivity index (χ0n) is 13.1. The molecule has 1 aliphatic rings. The minimum Gasteiger partial charge on any atom is -0.496 e. The predicted octanol–water partition coefficient (Wildman–Crippen LogP) is 3.01. The van der Waals surface area contributed by atoms with Gasteiger partial charge in [-0.05, 0) is 37.7 Å². The molecule has 0 fully saturated rings. The van der Waals surface area contributed by atoms with Crippen LogP contribution in [0, 0.1) is 0 Å². The summed E-state index contributed by atoms with van der Waals surface area (Å²) in [4.78, 5) is 6.33. The van der Waals surface area contributed by atoms with Crippen molar-refractivity contribution in [2.45, 2.75) is 19.5 Å². The lowest BCUT2D eigenvalue weighted by atomic mass is 10.1. The molecule has 0 N–H and O–H groups in total. The first kappa shape index (κ1) is 14.7. The molecule has 0 unspecified atom stereocenters. The van der Waals surface area contributed by atoms with Crippen molar-refractivity contribution in [3.05, 3.63) is 47.8 Å². The molecule has 1 aliphatic heterocycles. The fourth-order valence-electron chi connectivity index (χ4n) is 2.58. The van der Waals surface area contributed by atoms with Crippen LogP contribution >= 0.6 is 0 Å². The van der Waals surface area contributed by atoms with Crippen molar-refractivity contribution >= 4 is 0 Å². The van der Waals surface area contributed by atoms with Crippen molar-refractivity contribution in [3.63, 3.8) is 0 Å². The summed E-state index contributed by atoms with van der Waals surface area (Å²) in [6, 6.07) is 8.24. The summed E-state index contributed by atoms with van der Waals surface area (Å²) in [5.41, 5.74) is 2.31. The molecule has 0 saturated heterocycles. The van der Waals surface area contributed by atoms with Crippen molar-refractivity contribution < 1.29 is 14.2 Å². The van der Waals surface area contributed by atoms with Crippen LogP contribution in [0.15, 0.2) is 36.7 Å². The molecular weight excluding hydrogens is 280 g/mol. The lowest BCUT2D eigenvalue weighted by molar-refractivity contribution is 0.173. The summed E-state index contributed by atoms with van der Waals surface area (Å²) in [6.45, 7) is 3.20. The van der Waals surface area contributed by atoms with Crippen LogP contribution in [-0.4, -0.2) is 30.8 Å². The minimum absolute atomic E-state index is 0.269. The molecule has 0 radical (unpaired) electrons. The van der Waals surface area contributed by atoms with Crippen LogP contribution in [0.1, 0.15) is 24.1 Å². The molecule has 2 heterocycles. The average Bonchev–Trinajstić information content (AvgIpc) is 3.01. The number of aromatic nitrogens is 1. The van der Waals surface area contributed by atoms with Crippen LogP contribution in [0.5, 0.6) is 17.2 Å². The zero-order chi connectivity index (χ0) is 15.5. The third-order valence-electron chi connectivity index (χ3n) is 4.05. The van der Waals surface area contributed by atoms with Crippen molar-refractivity contribution in [2.24, 2.45) is 0 Å². The van der Waals surface area contributed by atoms with Gasteiger partial charge < -0.3 is 14.2 Å². The second-order valence-electron chi connectivity index (χ2n) is 5.39. The van der Waals surface area contributed by atoms with E-state index in [4.69, 9.17) is 14.2 Å². The Hall–Kier alpha value is -2.27. The molecule has 22 heavy (non-hydrogen) atoms. The Labute approximate surface area is 130 Å². The van der Waals surface area contributed by atoms with Gasteiger partial charge in [0, 0.05) is 36.6 Å². The van der Waals surface area contributed by atoms with Gasteiger partial charge in [0.2, 0.25) is 6.79 Å². The van der Waals surface area contributed by atoms with Gasteiger partial charge in [0.15, 0.2) is 11.5 Å². The number of rotatable bonds is 5. The molecule has 5 heteroatoms. The number of pyridine rings is 1. The van der Waals surface area contributed by atoms with E-state index in [-0.39, 0.29) is 12.8 Å².